The Bertz CT molecular complexity index is 384. The molecule has 1 fully saturated rings. The fraction of sp³-hybridized carbons (Fsp3) is 0.538. The summed E-state index contributed by atoms with van der Waals surface area (Å²) in [6.45, 7) is 5.21. The lowest BCUT2D eigenvalue weighted by Crippen LogP contribution is -2.28. The van der Waals surface area contributed by atoms with Gasteiger partial charge in [0.15, 0.2) is 0 Å². The maximum Gasteiger partial charge on any atom is 0.137 e. The monoisotopic (exact) mass is 300 g/mol. The van der Waals surface area contributed by atoms with Gasteiger partial charge in [-0.3, -0.25) is 4.90 Å². The Morgan fingerprint density at radius 3 is 2.88 bits per heavy atom. The molecule has 1 heterocycles. The van der Waals surface area contributed by atoms with E-state index in [2.05, 4.69) is 32.8 Å². The lowest BCUT2D eigenvalue weighted by Gasteiger charge is -2.20. The number of hydrogen-bond acceptors (Lipinski definition) is 2. The first kappa shape index (κ1) is 13.0. The number of halogens is 2. The van der Waals surface area contributed by atoms with Crippen molar-refractivity contribution in [2.75, 3.05) is 33.2 Å². The second kappa shape index (κ2) is 5.94. The number of nitrogens with zero attached hydrogens (tertiary/aromatic N) is 2. The molecule has 4 heteroatoms. The first-order valence-electron chi connectivity index (χ1n) is 6.00. The summed E-state index contributed by atoms with van der Waals surface area (Å²) in [4.78, 5) is 4.74. The number of benzene rings is 1. The van der Waals surface area contributed by atoms with Crippen molar-refractivity contribution in [3.8, 4) is 0 Å². The van der Waals surface area contributed by atoms with Crippen molar-refractivity contribution in [2.45, 2.75) is 13.0 Å². The third-order valence-corrected chi connectivity index (χ3v) is 4.13. The molecule has 0 aliphatic carbocycles. The molecule has 0 bridgehead atoms. The molecule has 0 amide bonds. The molecule has 17 heavy (non-hydrogen) atoms. The van der Waals surface area contributed by atoms with Gasteiger partial charge < -0.3 is 4.90 Å². The van der Waals surface area contributed by atoms with E-state index in [0.29, 0.717) is 4.47 Å². The molecule has 0 aromatic heterocycles. The largest absolute Gasteiger partial charge is 0.305 e. The molecule has 1 aromatic rings. The van der Waals surface area contributed by atoms with Crippen LogP contribution in [0.2, 0.25) is 0 Å². The van der Waals surface area contributed by atoms with Crippen LogP contribution in [0.15, 0.2) is 22.7 Å². The summed E-state index contributed by atoms with van der Waals surface area (Å²) in [7, 11) is 2.15. The first-order valence-corrected chi connectivity index (χ1v) is 6.80. The predicted molar refractivity (Wildman–Crippen MR) is 71.5 cm³/mol. The van der Waals surface area contributed by atoms with Crippen molar-refractivity contribution in [3.63, 3.8) is 0 Å². The van der Waals surface area contributed by atoms with E-state index in [9.17, 15) is 4.39 Å². The van der Waals surface area contributed by atoms with Crippen molar-refractivity contribution in [3.05, 3.63) is 34.1 Å². The van der Waals surface area contributed by atoms with Crippen molar-refractivity contribution in [1.29, 1.82) is 0 Å². The minimum atomic E-state index is -0.172. The smallest absolute Gasteiger partial charge is 0.137 e. The zero-order chi connectivity index (χ0) is 12.3. The van der Waals surface area contributed by atoms with Gasteiger partial charge in [-0.25, -0.2) is 4.39 Å². The maximum absolute atomic E-state index is 13.4. The van der Waals surface area contributed by atoms with Crippen molar-refractivity contribution >= 4 is 15.9 Å². The van der Waals surface area contributed by atoms with Crippen LogP contribution in [-0.2, 0) is 6.54 Å². The van der Waals surface area contributed by atoms with Crippen LogP contribution in [0.1, 0.15) is 12.0 Å². The maximum atomic E-state index is 13.4. The molecule has 0 saturated carbocycles. The fourth-order valence-corrected chi connectivity index (χ4v) is 2.56. The molecule has 0 N–H and O–H groups in total. The molecular weight excluding hydrogens is 283 g/mol. The van der Waals surface area contributed by atoms with E-state index in [-0.39, 0.29) is 5.82 Å². The summed E-state index contributed by atoms with van der Waals surface area (Å²) in [6.07, 6.45) is 1.18. The fourth-order valence-electron chi connectivity index (χ4n) is 2.17. The Kier molecular flexibility index (Phi) is 4.54. The molecule has 1 aromatic carbocycles. The van der Waals surface area contributed by atoms with Gasteiger partial charge in [0.25, 0.3) is 0 Å². The van der Waals surface area contributed by atoms with Crippen LogP contribution in [0.4, 0.5) is 4.39 Å². The molecule has 0 atom stereocenters. The summed E-state index contributed by atoms with van der Waals surface area (Å²) in [5.41, 5.74) is 1.04. The topological polar surface area (TPSA) is 6.48 Å². The third-order valence-electron chi connectivity index (χ3n) is 3.24. The van der Waals surface area contributed by atoms with E-state index in [4.69, 9.17) is 0 Å². The average Bonchev–Trinajstić information content (AvgIpc) is 2.50. The molecule has 2 rings (SSSR count). The summed E-state index contributed by atoms with van der Waals surface area (Å²) < 4.78 is 14.0. The average molecular weight is 301 g/mol. The minimum Gasteiger partial charge on any atom is -0.305 e. The molecular formula is C13H18BrFN2. The first-order chi connectivity index (χ1) is 8.16. The molecule has 0 unspecified atom stereocenters. The minimum absolute atomic E-state index is 0.172. The Labute approximate surface area is 111 Å². The second-order valence-electron chi connectivity index (χ2n) is 4.65. The van der Waals surface area contributed by atoms with Gasteiger partial charge in [-0.1, -0.05) is 12.1 Å². The van der Waals surface area contributed by atoms with E-state index in [1.54, 1.807) is 6.07 Å². The van der Waals surface area contributed by atoms with Crippen LogP contribution in [0.5, 0.6) is 0 Å². The Hall–Kier alpha value is -0.450. The summed E-state index contributed by atoms with van der Waals surface area (Å²) >= 11 is 3.33. The van der Waals surface area contributed by atoms with Gasteiger partial charge in [-0.05, 0) is 54.1 Å². The van der Waals surface area contributed by atoms with E-state index < -0.39 is 0 Å². The summed E-state index contributed by atoms with van der Waals surface area (Å²) in [6, 6.07) is 5.25. The van der Waals surface area contributed by atoms with Gasteiger partial charge in [0.2, 0.25) is 0 Å². The van der Waals surface area contributed by atoms with Gasteiger partial charge in [-0.2, -0.15) is 0 Å². The Morgan fingerprint density at radius 2 is 2.06 bits per heavy atom. The zero-order valence-corrected chi connectivity index (χ0v) is 11.7. The van der Waals surface area contributed by atoms with Gasteiger partial charge in [0, 0.05) is 19.6 Å². The molecule has 0 radical (unpaired) electrons. The Balaban J connectivity index is 2.02. The molecule has 2 nitrogen and oxygen atoms in total. The summed E-state index contributed by atoms with van der Waals surface area (Å²) in [5, 5.41) is 0. The predicted octanol–water partition coefficient (Wildman–Crippen LogP) is 2.73. The van der Waals surface area contributed by atoms with Crippen molar-refractivity contribution < 1.29 is 4.39 Å². The van der Waals surface area contributed by atoms with E-state index >= 15 is 0 Å². The number of hydrogen-bond donors (Lipinski definition) is 0. The number of likely N-dealkylation sites (N-methyl/N-ethyl adjacent to an activating group) is 1. The van der Waals surface area contributed by atoms with Crippen LogP contribution in [0.25, 0.3) is 0 Å². The van der Waals surface area contributed by atoms with Crippen LogP contribution < -0.4 is 0 Å². The van der Waals surface area contributed by atoms with Crippen LogP contribution >= 0.6 is 15.9 Å². The van der Waals surface area contributed by atoms with Gasteiger partial charge in [0.05, 0.1) is 4.47 Å². The van der Waals surface area contributed by atoms with E-state index in [1.807, 2.05) is 6.07 Å². The molecule has 94 valence electrons. The highest BCUT2D eigenvalue weighted by Gasteiger charge is 2.14. The standard InChI is InChI=1S/C13H18BrFN2/c1-16-6-3-7-17(9-8-16)10-11-4-2-5-12(15)13(11)14/h2,4-5H,3,6-10H2,1H3. The second-order valence-corrected chi connectivity index (χ2v) is 5.44. The van der Waals surface area contributed by atoms with Crippen LogP contribution in [0.3, 0.4) is 0 Å². The third kappa shape index (κ3) is 3.50. The van der Waals surface area contributed by atoms with E-state index in [0.717, 1.165) is 38.3 Å². The normalized spacial score (nSPS) is 19.2. The molecule has 1 aliphatic rings. The highest BCUT2D eigenvalue weighted by Crippen LogP contribution is 2.22. The Morgan fingerprint density at radius 1 is 1.24 bits per heavy atom. The van der Waals surface area contributed by atoms with Crippen molar-refractivity contribution in [1.82, 2.24) is 9.80 Å². The molecule has 0 spiro atoms. The van der Waals surface area contributed by atoms with Gasteiger partial charge >= 0.3 is 0 Å². The van der Waals surface area contributed by atoms with Crippen LogP contribution in [0, 0.1) is 5.82 Å². The highest BCUT2D eigenvalue weighted by molar-refractivity contribution is 9.10. The van der Waals surface area contributed by atoms with Gasteiger partial charge in [-0.15, -0.1) is 0 Å². The lowest BCUT2D eigenvalue weighted by molar-refractivity contribution is 0.268. The SMILES string of the molecule is CN1CCCN(Cc2cccc(F)c2Br)CC1. The lowest BCUT2D eigenvalue weighted by atomic mass is 10.2. The highest BCUT2D eigenvalue weighted by atomic mass is 79.9. The van der Waals surface area contributed by atoms with E-state index in [1.165, 1.54) is 12.5 Å². The zero-order valence-electron chi connectivity index (χ0n) is 10.1. The summed E-state index contributed by atoms with van der Waals surface area (Å²) in [5.74, 6) is -0.172. The molecule has 1 saturated heterocycles. The van der Waals surface area contributed by atoms with Crippen molar-refractivity contribution in [2.24, 2.45) is 0 Å². The van der Waals surface area contributed by atoms with Gasteiger partial charge in [0.1, 0.15) is 5.82 Å². The number of rotatable bonds is 2. The van der Waals surface area contributed by atoms with Crippen LogP contribution in [-0.4, -0.2) is 43.0 Å². The molecule has 1 aliphatic heterocycles. The quantitative estimate of drug-likeness (QED) is 0.829.